The lowest BCUT2D eigenvalue weighted by atomic mass is 10.0. The Bertz CT molecular complexity index is 2960. The maximum atomic E-state index is 13.6. The Balaban J connectivity index is 0.000000172. The van der Waals surface area contributed by atoms with Crippen molar-refractivity contribution >= 4 is 22.2 Å². The molecule has 2 unspecified atom stereocenters. The first-order chi connectivity index (χ1) is 42.3. The highest BCUT2D eigenvalue weighted by Crippen LogP contribution is 2.34. The van der Waals surface area contributed by atoms with E-state index in [4.69, 9.17) is 52.3 Å². The zero-order valence-corrected chi connectivity index (χ0v) is 49.8. The molecule has 6 fully saturated rings. The molecule has 22 nitrogen and oxygen atoms in total. The third-order valence-electron chi connectivity index (χ3n) is 15.7. The number of aryl methyl sites for hydroxylation is 1. The van der Waals surface area contributed by atoms with Gasteiger partial charge in [-0.3, -0.25) is 9.68 Å². The van der Waals surface area contributed by atoms with Gasteiger partial charge in [0, 0.05) is 33.0 Å². The van der Waals surface area contributed by atoms with E-state index in [1.54, 1.807) is 0 Å². The van der Waals surface area contributed by atoms with Crippen LogP contribution in [0.4, 0.5) is 9.59 Å². The van der Waals surface area contributed by atoms with Crippen LogP contribution in [0.1, 0.15) is 60.8 Å². The number of amides is 2. The number of aliphatic hydroxyl groups excluding tert-OH is 2. The van der Waals surface area contributed by atoms with Crippen molar-refractivity contribution in [2.24, 2.45) is 11.8 Å². The Morgan fingerprint density at radius 1 is 0.598 bits per heavy atom. The van der Waals surface area contributed by atoms with E-state index in [2.05, 4.69) is 41.2 Å². The van der Waals surface area contributed by atoms with Gasteiger partial charge < -0.3 is 68.6 Å². The van der Waals surface area contributed by atoms with Gasteiger partial charge in [-0.2, -0.15) is 5.48 Å². The smallest absolute Gasteiger partial charge is 0.407 e. The number of hydrogen-bond donors (Lipinski definition) is 6. The molecule has 6 heterocycles. The number of carbonyl (C=O) groups is 2. The number of hydrogen-bond acceptors (Lipinski definition) is 19. The summed E-state index contributed by atoms with van der Waals surface area (Å²) >= 11 is 0. The Kier molecular flexibility index (Phi) is 25.0. The van der Waals surface area contributed by atoms with E-state index in [9.17, 15) is 33.3 Å². The molecule has 0 bridgehead atoms. The number of phenols is 1. The molecule has 11 rings (SSSR count). The van der Waals surface area contributed by atoms with Gasteiger partial charge in [-0.25, -0.2) is 18.0 Å². The van der Waals surface area contributed by atoms with Crippen LogP contribution in [0.25, 0.3) is 0 Å². The molecule has 0 aliphatic carbocycles. The molecule has 23 heteroatoms. The van der Waals surface area contributed by atoms with Crippen LogP contribution in [0.3, 0.4) is 0 Å². The predicted octanol–water partition coefficient (Wildman–Crippen LogP) is 6.67. The molecular weight excluding hydrogens is 1140 g/mol. The van der Waals surface area contributed by atoms with Gasteiger partial charge in [-0.15, -0.1) is 0 Å². The number of rotatable bonds is 23. The van der Waals surface area contributed by atoms with E-state index < -0.39 is 71.5 Å². The van der Waals surface area contributed by atoms with Gasteiger partial charge in [-0.05, 0) is 111 Å². The summed E-state index contributed by atoms with van der Waals surface area (Å²) in [6, 6.07) is 41.0. The molecule has 6 N–H and O–H groups in total. The quantitative estimate of drug-likeness (QED) is 0.0373. The molecule has 0 spiro atoms. The Labute approximate surface area is 508 Å². The van der Waals surface area contributed by atoms with Gasteiger partial charge >= 0.3 is 12.2 Å². The number of carbonyl (C=O) groups excluding carboxylic acids is 2. The second-order valence-corrected chi connectivity index (χ2v) is 24.1. The highest BCUT2D eigenvalue weighted by atomic mass is 32.2. The molecule has 0 aromatic heterocycles. The van der Waals surface area contributed by atoms with Crippen LogP contribution in [0, 0.1) is 18.8 Å². The maximum Gasteiger partial charge on any atom is 0.407 e. The van der Waals surface area contributed by atoms with Crippen molar-refractivity contribution in [3.63, 3.8) is 0 Å². The van der Waals surface area contributed by atoms with Crippen molar-refractivity contribution in [3.8, 4) is 11.5 Å². The fourth-order valence-electron chi connectivity index (χ4n) is 10.9. The molecule has 87 heavy (non-hydrogen) atoms. The van der Waals surface area contributed by atoms with Gasteiger partial charge in [0.1, 0.15) is 30.3 Å². The van der Waals surface area contributed by atoms with Crippen LogP contribution in [-0.4, -0.2) is 168 Å². The van der Waals surface area contributed by atoms with E-state index in [1.807, 2.05) is 97.1 Å². The number of aliphatic hydroxyl groups is 2. The first-order valence-corrected chi connectivity index (χ1v) is 31.4. The lowest BCUT2D eigenvalue weighted by Gasteiger charge is -2.32. The maximum absolute atomic E-state index is 13.6. The van der Waals surface area contributed by atoms with Gasteiger partial charge in [-0.1, -0.05) is 114 Å². The van der Waals surface area contributed by atoms with E-state index in [1.165, 1.54) is 29.3 Å². The van der Waals surface area contributed by atoms with Crippen LogP contribution in [-0.2, 0) is 77.0 Å². The minimum absolute atomic E-state index is 0.0611. The molecule has 10 atom stereocenters. The third kappa shape index (κ3) is 20.1. The Morgan fingerprint density at radius 2 is 1.11 bits per heavy atom. The van der Waals surface area contributed by atoms with Gasteiger partial charge in [0.25, 0.3) is 10.0 Å². The van der Waals surface area contributed by atoms with E-state index >= 15 is 0 Å². The van der Waals surface area contributed by atoms with E-state index in [0.29, 0.717) is 78.5 Å². The molecule has 5 aromatic rings. The zero-order valence-electron chi connectivity index (χ0n) is 49.0. The number of aromatic hydroxyl groups is 1. The zero-order chi connectivity index (χ0) is 60.8. The summed E-state index contributed by atoms with van der Waals surface area (Å²) in [5.74, 6) is 0.709. The van der Waals surface area contributed by atoms with Crippen LogP contribution in [0.5, 0.6) is 11.5 Å². The number of ether oxygens (including phenoxy) is 9. The summed E-state index contributed by atoms with van der Waals surface area (Å²) in [5.41, 5.74) is 7.10. The fourth-order valence-corrected chi connectivity index (χ4v) is 12.2. The fraction of sp³-hybridized carbons (Fsp3) is 0.500. The summed E-state index contributed by atoms with van der Waals surface area (Å²) in [5, 5.41) is 37.7. The molecule has 0 saturated carbocycles. The van der Waals surface area contributed by atoms with Crippen LogP contribution < -0.4 is 20.9 Å². The average Bonchev–Trinajstić information content (AvgIpc) is 3.12. The number of nitrogens with zero attached hydrogens (tertiary/aromatic N) is 1. The molecule has 5 aromatic carbocycles. The average molecular weight is 1230 g/mol. The van der Waals surface area contributed by atoms with Crippen molar-refractivity contribution in [2.45, 2.75) is 131 Å². The number of sulfonamides is 1. The third-order valence-corrected chi connectivity index (χ3v) is 17.3. The predicted molar refractivity (Wildman–Crippen MR) is 316 cm³/mol. The van der Waals surface area contributed by atoms with Crippen molar-refractivity contribution in [3.05, 3.63) is 162 Å². The van der Waals surface area contributed by atoms with Crippen LogP contribution in [0.15, 0.2) is 144 Å². The van der Waals surface area contributed by atoms with Crippen molar-refractivity contribution in [1.29, 1.82) is 0 Å². The number of benzene rings is 5. The number of fused-ring (bicyclic) bond motifs is 2. The topological polar surface area (TPSA) is 270 Å². The number of hydroxylamine groups is 2. The van der Waals surface area contributed by atoms with E-state index in [-0.39, 0.29) is 60.6 Å². The monoisotopic (exact) mass is 1230 g/mol. The molecule has 2 amide bonds. The molecule has 472 valence electrons. The normalized spacial score (nSPS) is 23.3. The van der Waals surface area contributed by atoms with Crippen molar-refractivity contribution in [1.82, 2.24) is 20.6 Å². The minimum Gasteiger partial charge on any atom is -0.508 e. The van der Waals surface area contributed by atoms with Crippen LogP contribution >= 0.6 is 0 Å². The molecule has 0 radical (unpaired) electrons. The standard InChI is InChI=1S/C28H36N2O10S.C22H32N2O7.C14H14O/c31-20-7-4-8-22(16-20)41(34,35)30(40-21-9-12-36-13-10-21)17-25(32)24(15-19-5-2-1-3-6-19)29-28(33)39-26-18-38-27-23(26)11-14-37-27;25-19(13-23-31-16-6-9-27-10-7-16)18(12-15-4-2-1-3-5-15)24-22(26)30-20-14-29-21-17(20)8-11-28-21;1-12-6-5-9-14(10-12)15-11-13-7-3-2-4-8-13/h1-8,16,21,23-27,31-32H,9-15,17-18H2,(H,29,33);1-5,16-21,23,25H,6-14H2,(H,24,26);2-10H,11H2,1H3/t23-,24-,25+,26?,27+;17-,18-,19+,20?,21+;/m00./s1. The molecule has 6 saturated heterocycles. The van der Waals surface area contributed by atoms with Gasteiger partial charge in [0.2, 0.25) is 0 Å². The van der Waals surface area contributed by atoms with Crippen molar-refractivity contribution in [2.75, 3.05) is 65.9 Å². The summed E-state index contributed by atoms with van der Waals surface area (Å²) < 4.78 is 77.7. The molecule has 6 aliphatic rings. The number of phenolic OH excluding ortho intramolecular Hbond substituents is 1. The summed E-state index contributed by atoms with van der Waals surface area (Å²) in [6.07, 6.45) is -0.712. The van der Waals surface area contributed by atoms with Gasteiger partial charge in [0.05, 0.1) is 86.2 Å². The number of alkyl carbamates (subject to hydrolysis) is 2. The lowest BCUT2D eigenvalue weighted by Crippen LogP contribution is -2.52. The highest BCUT2D eigenvalue weighted by molar-refractivity contribution is 7.89. The second-order valence-electron chi connectivity index (χ2n) is 22.2. The molecule has 6 aliphatic heterocycles. The summed E-state index contributed by atoms with van der Waals surface area (Å²) in [7, 11) is -4.31. The first-order valence-electron chi connectivity index (χ1n) is 29.9. The largest absolute Gasteiger partial charge is 0.508 e. The number of nitrogens with one attached hydrogen (secondary N) is 3. The van der Waals surface area contributed by atoms with Crippen LogP contribution in [0.2, 0.25) is 0 Å². The summed E-state index contributed by atoms with van der Waals surface area (Å²) in [6.45, 7) is 6.25. The summed E-state index contributed by atoms with van der Waals surface area (Å²) in [4.78, 5) is 37.0. The Morgan fingerprint density at radius 3 is 1.66 bits per heavy atom. The Hall–Kier alpha value is -6.29. The first kappa shape index (κ1) is 65.2. The minimum atomic E-state index is -4.31. The van der Waals surface area contributed by atoms with Gasteiger partial charge in [0.15, 0.2) is 12.6 Å². The second kappa shape index (κ2) is 33.3. The SMILES string of the molecule is Cc1cccc(OCc2ccccc2)c1.O=C(N[C@@H](Cc1ccccc1)[C@H](O)CN(OC1CCOCC1)S(=O)(=O)c1cccc(O)c1)OC1CO[C@H]2OCC[C@@H]12.O=C(N[C@@H](Cc1ccccc1)[C@H](O)CNOC1CCOCC1)OC1CO[C@H]2OCC[C@@H]12. The van der Waals surface area contributed by atoms with Crippen molar-refractivity contribution < 1.29 is 85.6 Å². The molecular formula is C64H82N4O18S. The lowest BCUT2D eigenvalue weighted by molar-refractivity contribution is -0.170. The highest BCUT2D eigenvalue weighted by Gasteiger charge is 2.46. The van der Waals surface area contributed by atoms with E-state index in [0.717, 1.165) is 46.7 Å².